The van der Waals surface area contributed by atoms with Gasteiger partial charge in [-0.3, -0.25) is 4.68 Å². The van der Waals surface area contributed by atoms with Crippen molar-refractivity contribution in [1.82, 2.24) is 9.78 Å². The summed E-state index contributed by atoms with van der Waals surface area (Å²) in [6.45, 7) is 6.04. The number of hydrogen-bond donors (Lipinski definition) is 1. The summed E-state index contributed by atoms with van der Waals surface area (Å²) in [7, 11) is 1.79. The van der Waals surface area contributed by atoms with E-state index in [1.54, 1.807) is 11.7 Å². The van der Waals surface area contributed by atoms with Crippen molar-refractivity contribution in [2.75, 3.05) is 0 Å². The van der Waals surface area contributed by atoms with E-state index in [1.807, 2.05) is 6.92 Å². The molecule has 0 bridgehead atoms. The topological polar surface area (TPSA) is 38.1 Å². The minimum Gasteiger partial charge on any atom is -0.388 e. The molecular formula is C11H19ClN2O. The lowest BCUT2D eigenvalue weighted by molar-refractivity contribution is 0.103. The van der Waals surface area contributed by atoms with Crippen LogP contribution >= 0.6 is 11.6 Å². The minimum atomic E-state index is -0.499. The van der Waals surface area contributed by atoms with E-state index in [1.165, 1.54) is 0 Å². The zero-order chi connectivity index (χ0) is 11.6. The summed E-state index contributed by atoms with van der Waals surface area (Å²) in [5, 5.41) is 15.0. The van der Waals surface area contributed by atoms with E-state index in [0.29, 0.717) is 5.15 Å². The van der Waals surface area contributed by atoms with Gasteiger partial charge in [-0.15, -0.1) is 0 Å². The summed E-state index contributed by atoms with van der Waals surface area (Å²) in [6.07, 6.45) is 1.39. The molecule has 1 aromatic rings. The number of aryl methyl sites for hydroxylation is 2. The lowest BCUT2D eigenvalue weighted by Gasteiger charge is -2.20. The maximum Gasteiger partial charge on any atom is 0.132 e. The Hall–Kier alpha value is -0.540. The van der Waals surface area contributed by atoms with Gasteiger partial charge in [0.2, 0.25) is 0 Å². The zero-order valence-corrected chi connectivity index (χ0v) is 10.5. The molecule has 1 aromatic heterocycles. The van der Waals surface area contributed by atoms with Gasteiger partial charge in [-0.05, 0) is 12.8 Å². The van der Waals surface area contributed by atoms with Crippen molar-refractivity contribution in [3.8, 4) is 0 Å². The maximum atomic E-state index is 10.2. The number of aromatic nitrogens is 2. The van der Waals surface area contributed by atoms with Crippen LogP contribution in [0.25, 0.3) is 0 Å². The molecule has 0 saturated heterocycles. The first kappa shape index (κ1) is 12.5. The smallest absolute Gasteiger partial charge is 0.132 e. The second kappa shape index (κ2) is 4.99. The number of nitrogens with zero attached hydrogens (tertiary/aromatic N) is 2. The third kappa shape index (κ3) is 2.34. The Labute approximate surface area is 96.1 Å². The molecule has 15 heavy (non-hydrogen) atoms. The SMILES string of the molecule is CCC(CC)C(O)c1c(C)nn(C)c1Cl. The molecule has 0 aromatic carbocycles. The van der Waals surface area contributed by atoms with E-state index in [9.17, 15) is 5.11 Å². The summed E-state index contributed by atoms with van der Waals surface area (Å²) >= 11 is 6.11. The lowest BCUT2D eigenvalue weighted by Crippen LogP contribution is -2.11. The van der Waals surface area contributed by atoms with E-state index in [0.717, 1.165) is 24.1 Å². The second-order valence-electron chi connectivity index (χ2n) is 3.93. The van der Waals surface area contributed by atoms with Crippen LogP contribution < -0.4 is 0 Å². The fraction of sp³-hybridized carbons (Fsp3) is 0.727. The van der Waals surface area contributed by atoms with Crippen LogP contribution in [0.3, 0.4) is 0 Å². The second-order valence-corrected chi connectivity index (χ2v) is 4.29. The van der Waals surface area contributed by atoms with Crippen molar-refractivity contribution in [2.45, 2.75) is 39.7 Å². The molecule has 1 atom stereocenters. The van der Waals surface area contributed by atoms with Crippen molar-refractivity contribution in [1.29, 1.82) is 0 Å². The normalized spacial score (nSPS) is 13.5. The molecule has 0 aliphatic carbocycles. The Kier molecular flexibility index (Phi) is 4.17. The number of aliphatic hydroxyl groups is 1. The Balaban J connectivity index is 3.04. The molecule has 3 nitrogen and oxygen atoms in total. The van der Waals surface area contributed by atoms with Gasteiger partial charge < -0.3 is 5.11 Å². The number of halogens is 1. The van der Waals surface area contributed by atoms with Gasteiger partial charge in [0.05, 0.1) is 11.8 Å². The maximum absolute atomic E-state index is 10.2. The van der Waals surface area contributed by atoms with Gasteiger partial charge in [0, 0.05) is 12.6 Å². The molecule has 1 unspecified atom stereocenters. The van der Waals surface area contributed by atoms with Crippen LogP contribution in [0.2, 0.25) is 5.15 Å². The van der Waals surface area contributed by atoms with Gasteiger partial charge in [-0.1, -0.05) is 38.3 Å². The molecule has 1 rings (SSSR count). The van der Waals surface area contributed by atoms with Crippen LogP contribution in [0.5, 0.6) is 0 Å². The Bertz CT molecular complexity index is 332. The van der Waals surface area contributed by atoms with Crippen LogP contribution in [0.15, 0.2) is 0 Å². The molecule has 86 valence electrons. The molecule has 1 N–H and O–H groups in total. The first-order valence-corrected chi connectivity index (χ1v) is 5.77. The Morgan fingerprint density at radius 2 is 1.93 bits per heavy atom. The largest absolute Gasteiger partial charge is 0.388 e. The number of aliphatic hydroxyl groups excluding tert-OH is 1. The lowest BCUT2D eigenvalue weighted by atomic mass is 9.92. The molecule has 0 saturated carbocycles. The molecular weight excluding hydrogens is 212 g/mol. The molecule has 0 amide bonds. The van der Waals surface area contributed by atoms with Gasteiger partial charge in [0.15, 0.2) is 0 Å². The highest BCUT2D eigenvalue weighted by atomic mass is 35.5. The van der Waals surface area contributed by atoms with Crippen molar-refractivity contribution in [3.05, 3.63) is 16.4 Å². The van der Waals surface area contributed by atoms with Crippen LogP contribution in [0, 0.1) is 12.8 Å². The van der Waals surface area contributed by atoms with Crippen LogP contribution in [0.1, 0.15) is 44.1 Å². The molecule has 0 aliphatic heterocycles. The molecule has 0 aliphatic rings. The molecule has 0 radical (unpaired) electrons. The quantitative estimate of drug-likeness (QED) is 0.864. The van der Waals surface area contributed by atoms with Crippen molar-refractivity contribution in [2.24, 2.45) is 13.0 Å². The Morgan fingerprint density at radius 1 is 1.40 bits per heavy atom. The highest BCUT2D eigenvalue weighted by Gasteiger charge is 2.24. The van der Waals surface area contributed by atoms with Gasteiger partial charge in [-0.25, -0.2) is 0 Å². The zero-order valence-electron chi connectivity index (χ0n) is 9.79. The first-order chi connectivity index (χ1) is 7.02. The predicted molar refractivity (Wildman–Crippen MR) is 62.0 cm³/mol. The minimum absolute atomic E-state index is 0.255. The number of rotatable bonds is 4. The molecule has 0 fully saturated rings. The van der Waals surface area contributed by atoms with Crippen molar-refractivity contribution in [3.63, 3.8) is 0 Å². The average Bonchev–Trinajstić information content (AvgIpc) is 2.43. The fourth-order valence-electron chi connectivity index (χ4n) is 1.95. The average molecular weight is 231 g/mol. The van der Waals surface area contributed by atoms with E-state index >= 15 is 0 Å². The first-order valence-electron chi connectivity index (χ1n) is 5.39. The van der Waals surface area contributed by atoms with E-state index < -0.39 is 6.10 Å². The molecule has 1 heterocycles. The third-order valence-electron chi connectivity index (χ3n) is 2.99. The van der Waals surface area contributed by atoms with Gasteiger partial charge in [0.25, 0.3) is 0 Å². The van der Waals surface area contributed by atoms with E-state index in [-0.39, 0.29) is 5.92 Å². The van der Waals surface area contributed by atoms with Gasteiger partial charge >= 0.3 is 0 Å². The summed E-state index contributed by atoms with van der Waals surface area (Å²) in [5.41, 5.74) is 1.61. The molecule has 0 spiro atoms. The fourth-order valence-corrected chi connectivity index (χ4v) is 2.24. The van der Waals surface area contributed by atoms with Crippen molar-refractivity contribution < 1.29 is 5.11 Å². The summed E-state index contributed by atoms with van der Waals surface area (Å²) in [6, 6.07) is 0. The van der Waals surface area contributed by atoms with Gasteiger partial charge in [0.1, 0.15) is 5.15 Å². The summed E-state index contributed by atoms with van der Waals surface area (Å²) < 4.78 is 1.61. The van der Waals surface area contributed by atoms with E-state index in [4.69, 9.17) is 11.6 Å². The van der Waals surface area contributed by atoms with Crippen LogP contribution in [-0.4, -0.2) is 14.9 Å². The van der Waals surface area contributed by atoms with Crippen LogP contribution in [-0.2, 0) is 7.05 Å². The third-order valence-corrected chi connectivity index (χ3v) is 3.44. The molecule has 4 heteroatoms. The van der Waals surface area contributed by atoms with E-state index in [2.05, 4.69) is 18.9 Å². The van der Waals surface area contributed by atoms with Crippen molar-refractivity contribution >= 4 is 11.6 Å². The predicted octanol–water partition coefficient (Wildman–Crippen LogP) is 2.85. The highest BCUT2D eigenvalue weighted by molar-refractivity contribution is 6.30. The standard InChI is InChI=1S/C11H19ClN2O/c1-5-8(6-2)10(15)9-7(3)13-14(4)11(9)12/h8,10,15H,5-6H2,1-4H3. The van der Waals surface area contributed by atoms with Crippen LogP contribution in [0.4, 0.5) is 0 Å². The monoisotopic (exact) mass is 230 g/mol. The highest BCUT2D eigenvalue weighted by Crippen LogP contribution is 2.33. The summed E-state index contributed by atoms with van der Waals surface area (Å²) in [5.74, 6) is 0.255. The Morgan fingerprint density at radius 3 is 2.27 bits per heavy atom. The summed E-state index contributed by atoms with van der Waals surface area (Å²) in [4.78, 5) is 0. The van der Waals surface area contributed by atoms with Gasteiger partial charge in [-0.2, -0.15) is 5.10 Å². The number of hydrogen-bond acceptors (Lipinski definition) is 2.